The molecular weight excluding hydrogens is 438 g/mol. The summed E-state index contributed by atoms with van der Waals surface area (Å²) in [6.07, 6.45) is 0. The number of non-ortho nitro benzene ring substituents is 2. The molecule has 12 nitrogen and oxygen atoms in total. The lowest BCUT2D eigenvalue weighted by Crippen LogP contribution is -2.21. The SMILES string of the molecule is CC(=NNC(=O)CSc1nnc(-c2cccc([N+](=O)[O-])c2)n1C)c1ccc([N+](=O)[O-])cc1. The van der Waals surface area contributed by atoms with Crippen molar-refractivity contribution in [3.8, 4) is 11.4 Å². The third-order valence-electron chi connectivity index (χ3n) is 4.33. The number of carbonyl (C=O) groups is 1. The fourth-order valence-electron chi connectivity index (χ4n) is 2.65. The molecule has 0 saturated carbocycles. The maximum Gasteiger partial charge on any atom is 0.270 e. The van der Waals surface area contributed by atoms with E-state index in [2.05, 4.69) is 20.7 Å². The monoisotopic (exact) mass is 455 g/mol. The van der Waals surface area contributed by atoms with Gasteiger partial charge in [-0.1, -0.05) is 23.9 Å². The number of thioether (sulfide) groups is 1. The van der Waals surface area contributed by atoms with Crippen molar-refractivity contribution in [3.63, 3.8) is 0 Å². The average molecular weight is 455 g/mol. The van der Waals surface area contributed by atoms with Crippen LogP contribution in [0.15, 0.2) is 58.8 Å². The van der Waals surface area contributed by atoms with Gasteiger partial charge in [0.2, 0.25) is 0 Å². The summed E-state index contributed by atoms with van der Waals surface area (Å²) in [6, 6.07) is 11.9. The Bertz CT molecular complexity index is 1210. The van der Waals surface area contributed by atoms with Gasteiger partial charge in [0, 0.05) is 36.9 Å². The van der Waals surface area contributed by atoms with E-state index >= 15 is 0 Å². The summed E-state index contributed by atoms with van der Waals surface area (Å²) < 4.78 is 1.64. The minimum Gasteiger partial charge on any atom is -0.305 e. The van der Waals surface area contributed by atoms with E-state index in [4.69, 9.17) is 0 Å². The number of nitrogens with one attached hydrogen (secondary N) is 1. The molecule has 1 N–H and O–H groups in total. The van der Waals surface area contributed by atoms with Gasteiger partial charge in [-0.25, -0.2) is 5.43 Å². The van der Waals surface area contributed by atoms with E-state index in [-0.39, 0.29) is 23.0 Å². The van der Waals surface area contributed by atoms with Crippen molar-refractivity contribution in [1.29, 1.82) is 0 Å². The van der Waals surface area contributed by atoms with Gasteiger partial charge in [0.1, 0.15) is 0 Å². The Morgan fingerprint density at radius 2 is 1.78 bits per heavy atom. The van der Waals surface area contributed by atoms with Gasteiger partial charge in [-0.3, -0.25) is 25.0 Å². The van der Waals surface area contributed by atoms with Gasteiger partial charge >= 0.3 is 0 Å². The fraction of sp³-hybridized carbons (Fsp3) is 0.158. The molecule has 0 atom stereocenters. The Kier molecular flexibility index (Phi) is 6.90. The third kappa shape index (κ3) is 5.31. The average Bonchev–Trinajstić information content (AvgIpc) is 3.16. The maximum atomic E-state index is 12.1. The molecule has 1 amide bonds. The molecule has 32 heavy (non-hydrogen) atoms. The van der Waals surface area contributed by atoms with Crippen molar-refractivity contribution in [1.82, 2.24) is 20.2 Å². The highest BCUT2D eigenvalue weighted by Gasteiger charge is 2.15. The van der Waals surface area contributed by atoms with Gasteiger partial charge in [-0.2, -0.15) is 5.10 Å². The first-order chi connectivity index (χ1) is 15.3. The molecule has 0 spiro atoms. The summed E-state index contributed by atoms with van der Waals surface area (Å²) in [5, 5.41) is 34.2. The van der Waals surface area contributed by atoms with E-state index in [9.17, 15) is 25.0 Å². The van der Waals surface area contributed by atoms with Crippen LogP contribution in [0.25, 0.3) is 11.4 Å². The summed E-state index contributed by atoms with van der Waals surface area (Å²) >= 11 is 1.13. The molecule has 0 bridgehead atoms. The first-order valence-electron chi connectivity index (χ1n) is 9.11. The van der Waals surface area contributed by atoms with Crippen molar-refractivity contribution in [2.24, 2.45) is 12.1 Å². The molecule has 1 aromatic heterocycles. The summed E-state index contributed by atoms with van der Waals surface area (Å²) in [4.78, 5) is 32.8. The molecule has 0 aliphatic heterocycles. The molecule has 2 aromatic carbocycles. The number of hydrazone groups is 1. The van der Waals surface area contributed by atoms with Crippen LogP contribution in [-0.2, 0) is 11.8 Å². The zero-order valence-corrected chi connectivity index (χ0v) is 17.8. The van der Waals surface area contributed by atoms with Gasteiger partial charge in [0.05, 0.1) is 21.3 Å². The maximum absolute atomic E-state index is 12.1. The van der Waals surface area contributed by atoms with Crippen LogP contribution in [0.1, 0.15) is 12.5 Å². The highest BCUT2D eigenvalue weighted by molar-refractivity contribution is 7.99. The van der Waals surface area contributed by atoms with Crippen molar-refractivity contribution in [3.05, 3.63) is 74.3 Å². The summed E-state index contributed by atoms with van der Waals surface area (Å²) in [5.74, 6) is 0.0672. The lowest BCUT2D eigenvalue weighted by atomic mass is 10.1. The van der Waals surface area contributed by atoms with Crippen molar-refractivity contribution in [2.45, 2.75) is 12.1 Å². The molecule has 0 aliphatic carbocycles. The van der Waals surface area contributed by atoms with E-state index in [0.717, 1.165) is 11.8 Å². The quantitative estimate of drug-likeness (QED) is 0.235. The second-order valence-corrected chi connectivity index (χ2v) is 7.44. The number of amides is 1. The molecule has 0 unspecified atom stereocenters. The Morgan fingerprint density at radius 3 is 2.44 bits per heavy atom. The number of carbonyl (C=O) groups excluding carboxylic acids is 1. The minimum atomic E-state index is -0.494. The fourth-order valence-corrected chi connectivity index (χ4v) is 3.35. The van der Waals surface area contributed by atoms with Crippen LogP contribution >= 0.6 is 11.8 Å². The van der Waals surface area contributed by atoms with E-state index in [0.29, 0.717) is 27.8 Å². The second-order valence-electron chi connectivity index (χ2n) is 6.50. The first kappa shape index (κ1) is 22.6. The molecule has 0 radical (unpaired) electrons. The summed E-state index contributed by atoms with van der Waals surface area (Å²) in [6.45, 7) is 1.67. The van der Waals surface area contributed by atoms with Crippen LogP contribution in [0.2, 0.25) is 0 Å². The van der Waals surface area contributed by atoms with Crippen LogP contribution in [0.5, 0.6) is 0 Å². The van der Waals surface area contributed by atoms with E-state index in [1.54, 1.807) is 42.8 Å². The lowest BCUT2D eigenvalue weighted by molar-refractivity contribution is -0.385. The van der Waals surface area contributed by atoms with Gasteiger partial charge in [-0.15, -0.1) is 10.2 Å². The van der Waals surface area contributed by atoms with Gasteiger partial charge in [0.25, 0.3) is 17.3 Å². The standard InChI is InChI=1S/C19H17N7O5S/c1-12(13-6-8-15(9-7-13)25(28)29)20-21-17(27)11-32-19-23-22-18(24(19)2)14-4-3-5-16(10-14)26(30)31/h3-10H,11H2,1-2H3,(H,21,27). The van der Waals surface area contributed by atoms with Crippen LogP contribution in [-0.4, -0.2) is 42.0 Å². The number of nitro groups is 2. The number of aromatic nitrogens is 3. The molecule has 1 heterocycles. The molecule has 164 valence electrons. The van der Waals surface area contributed by atoms with Crippen LogP contribution < -0.4 is 5.43 Å². The topological polar surface area (TPSA) is 158 Å². The molecule has 0 aliphatic rings. The van der Waals surface area contributed by atoms with E-state index < -0.39 is 9.85 Å². The number of nitro benzene ring substituents is 2. The Balaban J connectivity index is 1.60. The highest BCUT2D eigenvalue weighted by atomic mass is 32.2. The summed E-state index contributed by atoms with van der Waals surface area (Å²) in [7, 11) is 1.70. The predicted molar refractivity (Wildman–Crippen MR) is 117 cm³/mol. The Hall–Kier alpha value is -4.13. The van der Waals surface area contributed by atoms with Crippen LogP contribution in [0.3, 0.4) is 0 Å². The van der Waals surface area contributed by atoms with Crippen molar-refractivity contribution in [2.75, 3.05) is 5.75 Å². The molecule has 0 fully saturated rings. The van der Waals surface area contributed by atoms with E-state index in [1.807, 2.05) is 0 Å². The van der Waals surface area contributed by atoms with Gasteiger partial charge < -0.3 is 4.57 Å². The third-order valence-corrected chi connectivity index (χ3v) is 5.35. The van der Waals surface area contributed by atoms with Gasteiger partial charge in [0.15, 0.2) is 11.0 Å². The molecule has 3 rings (SSSR count). The Morgan fingerprint density at radius 1 is 1.09 bits per heavy atom. The number of nitrogens with zero attached hydrogens (tertiary/aromatic N) is 6. The normalized spacial score (nSPS) is 11.2. The highest BCUT2D eigenvalue weighted by Crippen LogP contribution is 2.25. The smallest absolute Gasteiger partial charge is 0.270 e. The summed E-state index contributed by atoms with van der Waals surface area (Å²) in [5.41, 5.74) is 4.00. The number of hydrogen-bond acceptors (Lipinski definition) is 9. The van der Waals surface area contributed by atoms with Crippen molar-refractivity contribution >= 4 is 34.8 Å². The zero-order valence-electron chi connectivity index (χ0n) is 17.0. The zero-order chi connectivity index (χ0) is 23.3. The predicted octanol–water partition coefficient (Wildman–Crippen LogP) is 2.93. The molecule has 13 heteroatoms. The van der Waals surface area contributed by atoms with Crippen molar-refractivity contribution < 1.29 is 14.6 Å². The largest absolute Gasteiger partial charge is 0.305 e. The Labute approximate surface area is 185 Å². The molecular formula is C19H17N7O5S. The lowest BCUT2D eigenvalue weighted by Gasteiger charge is -2.04. The molecule has 3 aromatic rings. The van der Waals surface area contributed by atoms with Gasteiger partial charge in [-0.05, 0) is 24.6 Å². The molecule has 0 saturated heterocycles. The number of benzene rings is 2. The second kappa shape index (κ2) is 9.78. The van der Waals surface area contributed by atoms with Crippen LogP contribution in [0, 0.1) is 20.2 Å². The van der Waals surface area contributed by atoms with E-state index in [1.165, 1.54) is 24.3 Å². The number of rotatable bonds is 8. The number of hydrogen-bond donors (Lipinski definition) is 1. The minimum absolute atomic E-state index is 0.0119. The van der Waals surface area contributed by atoms with Crippen LogP contribution in [0.4, 0.5) is 11.4 Å². The first-order valence-corrected chi connectivity index (χ1v) is 10.1.